The van der Waals surface area contributed by atoms with Crippen LogP contribution >= 0.6 is 0 Å². The van der Waals surface area contributed by atoms with Crippen LogP contribution in [0.5, 0.6) is 0 Å². The van der Waals surface area contributed by atoms with Gasteiger partial charge in [0.05, 0.1) is 13.5 Å². The smallest absolute Gasteiger partial charge is 0.326 e. The van der Waals surface area contributed by atoms with E-state index in [9.17, 15) is 14.4 Å². The zero-order valence-electron chi connectivity index (χ0n) is 11.7. The first-order chi connectivity index (χ1) is 9.92. The number of benzene rings is 1. The number of methoxy groups -OCH3 is 1. The van der Waals surface area contributed by atoms with Gasteiger partial charge in [-0.1, -0.05) is 12.1 Å². The Morgan fingerprint density at radius 1 is 1.38 bits per heavy atom. The van der Waals surface area contributed by atoms with Crippen LogP contribution in [0.4, 0.5) is 5.69 Å². The Bertz CT molecular complexity index is 530. The molecule has 1 aromatic rings. The minimum Gasteiger partial charge on any atom is -0.480 e. The van der Waals surface area contributed by atoms with Gasteiger partial charge in [0.2, 0.25) is 5.91 Å². The summed E-state index contributed by atoms with van der Waals surface area (Å²) in [5.41, 5.74) is 6.82. The lowest BCUT2D eigenvalue weighted by Crippen LogP contribution is -2.41. The number of hydrogen-bond acceptors (Lipinski definition) is 5. The SMILES string of the molecule is COC(=O)CC[C@@H](NC(=O)Cc1cccc(N)c1)C(=O)O. The van der Waals surface area contributed by atoms with Crippen LogP contribution in [0.3, 0.4) is 0 Å². The summed E-state index contributed by atoms with van der Waals surface area (Å²) in [6, 6.07) is 5.64. The Morgan fingerprint density at radius 3 is 2.67 bits per heavy atom. The van der Waals surface area contributed by atoms with E-state index >= 15 is 0 Å². The topological polar surface area (TPSA) is 119 Å². The minimum atomic E-state index is -1.19. The Morgan fingerprint density at radius 2 is 2.10 bits per heavy atom. The van der Waals surface area contributed by atoms with Crippen molar-refractivity contribution in [2.75, 3.05) is 12.8 Å². The molecule has 1 aromatic carbocycles. The van der Waals surface area contributed by atoms with Crippen molar-refractivity contribution < 1.29 is 24.2 Å². The first-order valence-electron chi connectivity index (χ1n) is 6.35. The number of carboxylic acid groups (broad SMARTS) is 1. The molecule has 0 heterocycles. The normalized spacial score (nSPS) is 11.5. The van der Waals surface area contributed by atoms with E-state index in [1.54, 1.807) is 24.3 Å². The van der Waals surface area contributed by atoms with Crippen LogP contribution in [0.25, 0.3) is 0 Å². The van der Waals surface area contributed by atoms with Gasteiger partial charge in [-0.15, -0.1) is 0 Å². The van der Waals surface area contributed by atoms with E-state index in [-0.39, 0.29) is 19.3 Å². The standard InChI is InChI=1S/C14H18N2O5/c1-21-13(18)6-5-11(14(19)20)16-12(17)8-9-3-2-4-10(15)7-9/h2-4,7,11H,5-6,8,15H2,1H3,(H,16,17)(H,19,20)/t11-/m1/s1. The molecule has 0 aliphatic carbocycles. The third kappa shape index (κ3) is 5.94. The van der Waals surface area contributed by atoms with Gasteiger partial charge in [-0.3, -0.25) is 9.59 Å². The first kappa shape index (κ1) is 16.5. The summed E-state index contributed by atoms with van der Waals surface area (Å²) >= 11 is 0. The highest BCUT2D eigenvalue weighted by Gasteiger charge is 2.21. The molecule has 7 heteroatoms. The van der Waals surface area contributed by atoms with Crippen molar-refractivity contribution >= 4 is 23.5 Å². The largest absolute Gasteiger partial charge is 0.480 e. The van der Waals surface area contributed by atoms with Gasteiger partial charge in [-0.05, 0) is 24.1 Å². The molecule has 0 aromatic heterocycles. The number of carboxylic acids is 1. The number of carbonyl (C=O) groups is 3. The quantitative estimate of drug-likeness (QED) is 0.492. The number of ether oxygens (including phenoxy) is 1. The van der Waals surface area contributed by atoms with Gasteiger partial charge >= 0.3 is 11.9 Å². The van der Waals surface area contributed by atoms with E-state index in [0.717, 1.165) is 0 Å². The van der Waals surface area contributed by atoms with E-state index in [1.807, 2.05) is 0 Å². The number of nitrogens with one attached hydrogen (secondary N) is 1. The molecule has 0 aliphatic rings. The second-order valence-electron chi connectivity index (χ2n) is 4.49. The van der Waals surface area contributed by atoms with Crippen LogP contribution in [0.15, 0.2) is 24.3 Å². The Kier molecular flexibility index (Phi) is 6.19. The molecule has 0 unspecified atom stereocenters. The first-order valence-corrected chi connectivity index (χ1v) is 6.35. The predicted octanol–water partition coefficient (Wildman–Crippen LogP) is 0.334. The van der Waals surface area contributed by atoms with Gasteiger partial charge in [0.25, 0.3) is 0 Å². The molecule has 0 saturated carbocycles. The summed E-state index contributed by atoms with van der Waals surface area (Å²) < 4.78 is 4.44. The molecule has 4 N–H and O–H groups in total. The maximum atomic E-state index is 11.8. The lowest BCUT2D eigenvalue weighted by molar-refractivity contribution is -0.144. The molecule has 21 heavy (non-hydrogen) atoms. The molecule has 1 atom stereocenters. The van der Waals surface area contributed by atoms with Gasteiger partial charge < -0.3 is 20.9 Å². The third-order valence-electron chi connectivity index (χ3n) is 2.81. The number of esters is 1. The highest BCUT2D eigenvalue weighted by molar-refractivity contribution is 5.85. The van der Waals surface area contributed by atoms with Gasteiger partial charge in [0.15, 0.2) is 0 Å². The summed E-state index contributed by atoms with van der Waals surface area (Å²) in [6.07, 6.45) is -0.0796. The van der Waals surface area contributed by atoms with Crippen LogP contribution < -0.4 is 11.1 Å². The predicted molar refractivity (Wildman–Crippen MR) is 75.4 cm³/mol. The molecular weight excluding hydrogens is 276 g/mol. The Balaban J connectivity index is 2.56. The van der Waals surface area contributed by atoms with Crippen molar-refractivity contribution in [1.82, 2.24) is 5.32 Å². The summed E-state index contributed by atoms with van der Waals surface area (Å²) in [7, 11) is 1.22. The van der Waals surface area contributed by atoms with Crippen LogP contribution in [0.1, 0.15) is 18.4 Å². The summed E-state index contributed by atoms with van der Waals surface area (Å²) in [6.45, 7) is 0. The maximum absolute atomic E-state index is 11.8. The lowest BCUT2D eigenvalue weighted by Gasteiger charge is -2.14. The van der Waals surface area contributed by atoms with Crippen molar-refractivity contribution in [3.63, 3.8) is 0 Å². The van der Waals surface area contributed by atoms with Gasteiger partial charge in [-0.25, -0.2) is 4.79 Å². The van der Waals surface area contributed by atoms with Crippen LogP contribution in [-0.4, -0.2) is 36.1 Å². The van der Waals surface area contributed by atoms with E-state index < -0.39 is 23.9 Å². The molecular formula is C14H18N2O5. The van der Waals surface area contributed by atoms with Crippen LogP contribution in [0, 0.1) is 0 Å². The monoisotopic (exact) mass is 294 g/mol. The van der Waals surface area contributed by atoms with E-state index in [2.05, 4.69) is 10.1 Å². The average molecular weight is 294 g/mol. The average Bonchev–Trinajstić information content (AvgIpc) is 2.42. The van der Waals surface area contributed by atoms with Crippen molar-refractivity contribution in [1.29, 1.82) is 0 Å². The highest BCUT2D eigenvalue weighted by atomic mass is 16.5. The number of nitrogens with two attached hydrogens (primary N) is 1. The zero-order valence-corrected chi connectivity index (χ0v) is 11.7. The maximum Gasteiger partial charge on any atom is 0.326 e. The number of aliphatic carboxylic acids is 1. The fourth-order valence-electron chi connectivity index (χ4n) is 1.76. The second-order valence-corrected chi connectivity index (χ2v) is 4.49. The Hall–Kier alpha value is -2.57. The number of anilines is 1. The fourth-order valence-corrected chi connectivity index (χ4v) is 1.76. The molecule has 114 valence electrons. The number of nitrogen functional groups attached to an aromatic ring is 1. The van der Waals surface area contributed by atoms with Crippen molar-refractivity contribution in [3.8, 4) is 0 Å². The minimum absolute atomic E-state index is 0.0209. The number of carbonyl (C=O) groups excluding carboxylic acids is 2. The summed E-state index contributed by atoms with van der Waals surface area (Å²) in [5.74, 6) is -2.16. The molecule has 0 saturated heterocycles. The number of hydrogen-bond donors (Lipinski definition) is 3. The Labute approximate surface area is 122 Å². The van der Waals surface area contributed by atoms with Crippen molar-refractivity contribution in [3.05, 3.63) is 29.8 Å². The van der Waals surface area contributed by atoms with Crippen molar-refractivity contribution in [2.45, 2.75) is 25.3 Å². The zero-order chi connectivity index (χ0) is 15.8. The molecule has 0 aliphatic heterocycles. The molecule has 0 radical (unpaired) electrons. The molecule has 0 bridgehead atoms. The number of amides is 1. The van der Waals surface area contributed by atoms with Crippen molar-refractivity contribution in [2.24, 2.45) is 0 Å². The van der Waals surface area contributed by atoms with E-state index in [1.165, 1.54) is 7.11 Å². The molecule has 0 spiro atoms. The highest BCUT2D eigenvalue weighted by Crippen LogP contribution is 2.07. The third-order valence-corrected chi connectivity index (χ3v) is 2.81. The molecule has 1 amide bonds. The second kappa shape index (κ2) is 7.88. The van der Waals surface area contributed by atoms with Crippen LogP contribution in [-0.2, 0) is 25.5 Å². The molecule has 1 rings (SSSR count). The lowest BCUT2D eigenvalue weighted by atomic mass is 10.1. The summed E-state index contributed by atoms with van der Waals surface area (Å²) in [4.78, 5) is 33.9. The molecule has 7 nitrogen and oxygen atoms in total. The van der Waals surface area contributed by atoms with Crippen LogP contribution in [0.2, 0.25) is 0 Å². The molecule has 0 fully saturated rings. The number of rotatable bonds is 7. The fraction of sp³-hybridized carbons (Fsp3) is 0.357. The van der Waals surface area contributed by atoms with Gasteiger partial charge in [0.1, 0.15) is 6.04 Å². The van der Waals surface area contributed by atoms with E-state index in [0.29, 0.717) is 11.3 Å². The summed E-state index contributed by atoms with van der Waals surface area (Å²) in [5, 5.41) is 11.4. The van der Waals surface area contributed by atoms with Gasteiger partial charge in [0, 0.05) is 12.1 Å². The van der Waals surface area contributed by atoms with Gasteiger partial charge in [-0.2, -0.15) is 0 Å². The van der Waals surface area contributed by atoms with E-state index in [4.69, 9.17) is 10.8 Å².